The van der Waals surface area contributed by atoms with Gasteiger partial charge >= 0.3 is 0 Å². The first-order chi connectivity index (χ1) is 17.6. The second-order valence-corrected chi connectivity index (χ2v) is 9.97. The van der Waals surface area contributed by atoms with Gasteiger partial charge in [-0.3, -0.25) is 4.79 Å². The monoisotopic (exact) mass is 501 g/mol. The fourth-order valence-electron chi connectivity index (χ4n) is 4.57. The number of pyridine rings is 1. The Labute approximate surface area is 214 Å². The first kappa shape index (κ1) is 24.2. The number of nitrogens with zero attached hydrogens (tertiary/aromatic N) is 3. The number of aromatic nitrogens is 3. The van der Waals surface area contributed by atoms with Gasteiger partial charge in [0.05, 0.1) is 0 Å². The van der Waals surface area contributed by atoms with Crippen molar-refractivity contribution in [3.8, 4) is 11.8 Å². The van der Waals surface area contributed by atoms with Crippen molar-refractivity contribution in [1.82, 2.24) is 25.2 Å². The van der Waals surface area contributed by atoms with E-state index in [-0.39, 0.29) is 18.5 Å². The van der Waals surface area contributed by atoms with Crippen LogP contribution in [0, 0.1) is 24.7 Å². The lowest BCUT2D eigenvalue weighted by Gasteiger charge is -2.28. The summed E-state index contributed by atoms with van der Waals surface area (Å²) in [5.41, 5.74) is 3.71. The van der Waals surface area contributed by atoms with Crippen LogP contribution in [-0.4, -0.2) is 52.1 Å². The lowest BCUT2D eigenvalue weighted by molar-refractivity contribution is 0.0937. The van der Waals surface area contributed by atoms with Gasteiger partial charge in [0, 0.05) is 46.5 Å². The van der Waals surface area contributed by atoms with Crippen molar-refractivity contribution in [3.05, 3.63) is 81.7 Å². The molecule has 0 radical (unpaired) electrons. The smallest absolute Gasteiger partial charge is 0.270 e. The number of likely N-dealkylation sites (tertiary alicyclic amines) is 1. The predicted octanol–water partition coefficient (Wildman–Crippen LogP) is 4.88. The maximum atomic E-state index is 13.4. The maximum absolute atomic E-state index is 13.4. The highest BCUT2D eigenvalue weighted by Gasteiger charge is 2.23. The fraction of sp³-hybridized carbons (Fsp3) is 0.321. The van der Waals surface area contributed by atoms with Crippen LogP contribution in [0.1, 0.15) is 51.3 Å². The SMILES string of the molecule is Cc1cc(C#CC2CCN(CCF)CC2)cc(C(=O)NC(c2cc3ccccc3[nH]2)c2nccs2)n1. The van der Waals surface area contributed by atoms with Gasteiger partial charge in [-0.1, -0.05) is 30.0 Å². The minimum absolute atomic E-state index is 0.278. The minimum Gasteiger partial charge on any atom is -0.356 e. The van der Waals surface area contributed by atoms with E-state index in [0.717, 1.165) is 58.8 Å². The van der Waals surface area contributed by atoms with Crippen LogP contribution in [0.25, 0.3) is 10.9 Å². The summed E-state index contributed by atoms with van der Waals surface area (Å²) >= 11 is 1.49. The highest BCUT2D eigenvalue weighted by Crippen LogP contribution is 2.27. The number of benzene rings is 1. The normalized spacial score (nSPS) is 15.4. The highest BCUT2D eigenvalue weighted by molar-refractivity contribution is 7.09. The topological polar surface area (TPSA) is 73.9 Å². The van der Waals surface area contributed by atoms with Gasteiger partial charge in [0.15, 0.2) is 0 Å². The van der Waals surface area contributed by atoms with E-state index in [4.69, 9.17) is 0 Å². The van der Waals surface area contributed by atoms with Crippen LogP contribution in [0.15, 0.2) is 54.0 Å². The van der Waals surface area contributed by atoms with Gasteiger partial charge in [0.1, 0.15) is 23.4 Å². The summed E-state index contributed by atoms with van der Waals surface area (Å²) in [6.45, 7) is 3.81. The number of rotatable bonds is 6. The summed E-state index contributed by atoms with van der Waals surface area (Å²) in [5, 5.41) is 6.89. The van der Waals surface area contributed by atoms with E-state index < -0.39 is 6.04 Å². The number of carbonyl (C=O) groups excluding carboxylic acids is 1. The molecule has 1 amide bonds. The summed E-state index contributed by atoms with van der Waals surface area (Å²) in [6, 6.07) is 13.3. The molecule has 1 aliphatic rings. The molecule has 6 nitrogen and oxygen atoms in total. The molecule has 8 heteroatoms. The Balaban J connectivity index is 1.34. The van der Waals surface area contributed by atoms with Crippen molar-refractivity contribution in [2.24, 2.45) is 5.92 Å². The van der Waals surface area contributed by atoms with Crippen LogP contribution in [-0.2, 0) is 0 Å². The number of halogens is 1. The predicted molar refractivity (Wildman–Crippen MR) is 141 cm³/mol. The third-order valence-corrected chi connectivity index (χ3v) is 7.27. The number of hydrogen-bond acceptors (Lipinski definition) is 5. The molecule has 1 aromatic carbocycles. The number of H-pyrrole nitrogens is 1. The molecule has 1 unspecified atom stereocenters. The Hall–Kier alpha value is -3.54. The molecule has 184 valence electrons. The molecule has 2 N–H and O–H groups in total. The Kier molecular flexibility index (Phi) is 7.40. The van der Waals surface area contributed by atoms with Gasteiger partial charge in [0.25, 0.3) is 5.91 Å². The van der Waals surface area contributed by atoms with E-state index >= 15 is 0 Å². The largest absolute Gasteiger partial charge is 0.356 e. The van der Waals surface area contributed by atoms with E-state index in [1.807, 2.05) is 48.7 Å². The van der Waals surface area contributed by atoms with Crippen LogP contribution in [0.5, 0.6) is 0 Å². The summed E-state index contributed by atoms with van der Waals surface area (Å²) < 4.78 is 12.6. The number of aromatic amines is 1. The fourth-order valence-corrected chi connectivity index (χ4v) is 5.27. The van der Waals surface area contributed by atoms with Crippen LogP contribution >= 0.6 is 11.3 Å². The Morgan fingerprint density at radius 3 is 2.86 bits per heavy atom. The molecule has 36 heavy (non-hydrogen) atoms. The van der Waals surface area contributed by atoms with Gasteiger partial charge in [-0.15, -0.1) is 11.3 Å². The second kappa shape index (κ2) is 11.0. The first-order valence-corrected chi connectivity index (χ1v) is 13.0. The maximum Gasteiger partial charge on any atom is 0.270 e. The van der Waals surface area contributed by atoms with Crippen LogP contribution in [0.4, 0.5) is 4.39 Å². The Morgan fingerprint density at radius 2 is 2.11 bits per heavy atom. The Bertz CT molecular complexity index is 1360. The van der Waals surface area contributed by atoms with Crippen molar-refractivity contribution in [1.29, 1.82) is 0 Å². The highest BCUT2D eigenvalue weighted by atomic mass is 32.1. The Morgan fingerprint density at radius 1 is 1.28 bits per heavy atom. The molecule has 1 fully saturated rings. The van der Waals surface area contributed by atoms with Gasteiger partial charge in [-0.25, -0.2) is 14.4 Å². The lowest BCUT2D eigenvalue weighted by Crippen LogP contribution is -2.34. The standard InChI is InChI=1S/C28H28FN5OS/c1-19-16-21(7-6-20-8-12-34(13-9-20)14-10-29)17-25(31-19)27(35)33-26(28-30-11-15-36-28)24-18-22-4-2-3-5-23(22)32-24/h2-5,11,15-18,20,26,32H,8-10,12-14H2,1H3,(H,33,35). The van der Waals surface area contributed by atoms with Gasteiger partial charge in [-0.05, 0) is 62.5 Å². The zero-order valence-corrected chi connectivity index (χ0v) is 20.9. The summed E-state index contributed by atoms with van der Waals surface area (Å²) in [7, 11) is 0. The van der Waals surface area contributed by atoms with E-state index in [0.29, 0.717) is 12.2 Å². The first-order valence-electron chi connectivity index (χ1n) is 12.2. The number of aryl methyl sites for hydroxylation is 1. The van der Waals surface area contributed by atoms with E-state index in [9.17, 15) is 9.18 Å². The average molecular weight is 502 g/mol. The van der Waals surface area contributed by atoms with Crippen molar-refractivity contribution < 1.29 is 9.18 Å². The van der Waals surface area contributed by atoms with E-state index in [2.05, 4.69) is 37.0 Å². The molecule has 1 saturated heterocycles. The molecule has 3 aromatic heterocycles. The van der Waals surface area contributed by atoms with Crippen LogP contribution in [0.2, 0.25) is 0 Å². The van der Waals surface area contributed by atoms with Crippen LogP contribution in [0.3, 0.4) is 0 Å². The number of hydrogen-bond donors (Lipinski definition) is 2. The molecule has 0 bridgehead atoms. The van der Waals surface area contributed by atoms with E-state index in [1.54, 1.807) is 12.3 Å². The minimum atomic E-state index is -0.420. The molecule has 4 aromatic rings. The quantitative estimate of drug-likeness (QED) is 0.370. The molecule has 4 heterocycles. The van der Waals surface area contributed by atoms with E-state index in [1.165, 1.54) is 11.3 Å². The zero-order valence-electron chi connectivity index (χ0n) is 20.1. The van der Waals surface area contributed by atoms with Crippen molar-refractivity contribution in [2.75, 3.05) is 26.3 Å². The molecule has 0 saturated carbocycles. The van der Waals surface area contributed by atoms with Crippen molar-refractivity contribution >= 4 is 28.1 Å². The summed E-state index contributed by atoms with van der Waals surface area (Å²) in [4.78, 5) is 27.9. The summed E-state index contributed by atoms with van der Waals surface area (Å²) in [6.07, 6.45) is 3.61. The zero-order chi connectivity index (χ0) is 24.9. The van der Waals surface area contributed by atoms with Gasteiger partial charge in [0.2, 0.25) is 0 Å². The second-order valence-electron chi connectivity index (χ2n) is 9.05. The molecule has 1 aliphatic heterocycles. The molecular formula is C28H28FN5OS. The molecular weight excluding hydrogens is 473 g/mol. The molecule has 0 aliphatic carbocycles. The molecule has 1 atom stereocenters. The number of para-hydroxylation sites is 1. The number of amides is 1. The number of piperidine rings is 1. The van der Waals surface area contributed by atoms with Crippen LogP contribution < -0.4 is 5.32 Å². The average Bonchev–Trinajstić information content (AvgIpc) is 3.57. The number of thiazole rings is 1. The molecule has 5 rings (SSSR count). The molecule has 0 spiro atoms. The van der Waals surface area contributed by atoms with Gasteiger partial charge in [-0.2, -0.15) is 0 Å². The number of alkyl halides is 1. The number of nitrogens with one attached hydrogen (secondary N) is 2. The lowest BCUT2D eigenvalue weighted by atomic mass is 9.97. The van der Waals surface area contributed by atoms with Crippen molar-refractivity contribution in [2.45, 2.75) is 25.8 Å². The van der Waals surface area contributed by atoms with Crippen molar-refractivity contribution in [3.63, 3.8) is 0 Å². The number of fused-ring (bicyclic) bond motifs is 1. The van der Waals surface area contributed by atoms with Gasteiger partial charge < -0.3 is 15.2 Å². The summed E-state index contributed by atoms with van der Waals surface area (Å²) in [5.74, 6) is 6.61. The third kappa shape index (κ3) is 5.64. The third-order valence-electron chi connectivity index (χ3n) is 6.43. The number of carbonyl (C=O) groups is 1.